The molecule has 0 N–H and O–H groups in total. The molecular weight excluding hydrogens is 509 g/mol. The highest BCUT2D eigenvalue weighted by atomic mass is 32.2. The number of hydrogen-bond acceptors (Lipinski definition) is 1. The second-order valence-electron chi connectivity index (χ2n) is 10.6. The second kappa shape index (κ2) is 7.97. The van der Waals surface area contributed by atoms with Gasteiger partial charge in [0.1, 0.15) is 5.82 Å². The Labute approximate surface area is 235 Å². The van der Waals surface area contributed by atoms with E-state index in [2.05, 4.69) is 114 Å². The maximum Gasteiger partial charge on any atom is 0.123 e. The first-order valence-electron chi connectivity index (χ1n) is 13.6. The van der Waals surface area contributed by atoms with Gasteiger partial charge in [-0.1, -0.05) is 103 Å². The summed E-state index contributed by atoms with van der Waals surface area (Å²) in [6, 6.07) is 46.8. The van der Waals surface area contributed by atoms with Gasteiger partial charge in [-0.2, -0.15) is 0 Å². The third-order valence-electron chi connectivity index (χ3n) is 8.74. The zero-order valence-electron chi connectivity index (χ0n) is 21.4. The molecule has 0 atom stereocenters. The van der Waals surface area contributed by atoms with Crippen molar-refractivity contribution in [1.82, 2.24) is 4.57 Å². The minimum Gasteiger partial charge on any atom is -0.309 e. The van der Waals surface area contributed by atoms with Crippen LogP contribution in [-0.2, 0) is 5.41 Å². The van der Waals surface area contributed by atoms with E-state index in [9.17, 15) is 4.39 Å². The molecule has 0 amide bonds. The highest BCUT2D eigenvalue weighted by Crippen LogP contribution is 2.63. The fraction of sp³-hybridized carbons (Fsp3) is 0.0270. The Kier molecular flexibility index (Phi) is 4.43. The summed E-state index contributed by atoms with van der Waals surface area (Å²) in [5.41, 5.74) is 10.8. The zero-order chi connectivity index (χ0) is 26.4. The largest absolute Gasteiger partial charge is 0.309 e. The van der Waals surface area contributed by atoms with E-state index < -0.39 is 5.41 Å². The van der Waals surface area contributed by atoms with E-state index in [1.165, 1.54) is 53.9 Å². The van der Waals surface area contributed by atoms with Crippen LogP contribution in [-0.4, -0.2) is 4.57 Å². The lowest BCUT2D eigenvalue weighted by atomic mass is 9.67. The normalized spacial score (nSPS) is 14.2. The van der Waals surface area contributed by atoms with Gasteiger partial charge in [0.25, 0.3) is 0 Å². The van der Waals surface area contributed by atoms with Crippen LogP contribution in [0.3, 0.4) is 0 Å². The lowest BCUT2D eigenvalue weighted by molar-refractivity contribution is 0.627. The molecule has 2 heterocycles. The van der Waals surface area contributed by atoms with E-state index >= 15 is 0 Å². The molecule has 6 aromatic carbocycles. The molecule has 188 valence electrons. The molecule has 0 unspecified atom stereocenters. The quantitative estimate of drug-likeness (QED) is 0.204. The molecule has 2 aliphatic rings. The Morgan fingerprint density at radius 3 is 1.90 bits per heavy atom. The highest BCUT2D eigenvalue weighted by molar-refractivity contribution is 7.99. The smallest absolute Gasteiger partial charge is 0.123 e. The summed E-state index contributed by atoms with van der Waals surface area (Å²) in [6.07, 6.45) is 0. The molecule has 1 aliphatic heterocycles. The van der Waals surface area contributed by atoms with E-state index in [4.69, 9.17) is 0 Å². The molecule has 1 aliphatic carbocycles. The van der Waals surface area contributed by atoms with Crippen molar-refractivity contribution in [1.29, 1.82) is 0 Å². The summed E-state index contributed by atoms with van der Waals surface area (Å²) in [5, 5.41) is 2.46. The van der Waals surface area contributed by atoms with Crippen LogP contribution >= 0.6 is 11.8 Å². The van der Waals surface area contributed by atoms with Crippen molar-refractivity contribution in [2.24, 2.45) is 0 Å². The fourth-order valence-electron chi connectivity index (χ4n) is 7.23. The van der Waals surface area contributed by atoms with Crippen molar-refractivity contribution in [3.05, 3.63) is 162 Å². The Morgan fingerprint density at radius 2 is 1.15 bits per heavy atom. The molecule has 0 fully saturated rings. The molecule has 0 saturated heterocycles. The molecule has 0 bridgehead atoms. The minimum atomic E-state index is -0.405. The highest BCUT2D eigenvalue weighted by Gasteiger charge is 2.50. The van der Waals surface area contributed by atoms with Crippen molar-refractivity contribution in [3.8, 4) is 16.8 Å². The number of fused-ring (bicyclic) bond motifs is 13. The van der Waals surface area contributed by atoms with E-state index in [1.807, 2.05) is 23.9 Å². The Hall–Kier alpha value is -4.60. The summed E-state index contributed by atoms with van der Waals surface area (Å²) in [5.74, 6) is -0.227. The number of aromatic nitrogens is 1. The van der Waals surface area contributed by atoms with Gasteiger partial charge in [-0.05, 0) is 75.8 Å². The van der Waals surface area contributed by atoms with Crippen molar-refractivity contribution < 1.29 is 4.39 Å². The van der Waals surface area contributed by atoms with Crippen molar-refractivity contribution in [2.45, 2.75) is 15.2 Å². The number of nitrogens with zero attached hydrogens (tertiary/aromatic N) is 1. The van der Waals surface area contributed by atoms with Gasteiger partial charge in [0.15, 0.2) is 0 Å². The van der Waals surface area contributed by atoms with Gasteiger partial charge in [0.2, 0.25) is 0 Å². The van der Waals surface area contributed by atoms with E-state index in [0.29, 0.717) is 0 Å². The third-order valence-corrected chi connectivity index (χ3v) is 9.94. The van der Waals surface area contributed by atoms with Crippen LogP contribution in [0.1, 0.15) is 22.3 Å². The van der Waals surface area contributed by atoms with Gasteiger partial charge in [-0.25, -0.2) is 4.39 Å². The van der Waals surface area contributed by atoms with Crippen molar-refractivity contribution >= 4 is 33.6 Å². The number of halogens is 1. The SMILES string of the molecule is Fc1ccc(-n2c3ccccc3c3c4c(ccc32)C2(c3ccccc3S4)c3ccccc3-c3ccccc32)cc1. The molecule has 0 radical (unpaired) electrons. The summed E-state index contributed by atoms with van der Waals surface area (Å²) in [6.45, 7) is 0. The first-order valence-corrected chi connectivity index (χ1v) is 14.4. The van der Waals surface area contributed by atoms with Gasteiger partial charge in [0, 0.05) is 26.3 Å². The average Bonchev–Trinajstić information content (AvgIpc) is 3.50. The summed E-state index contributed by atoms with van der Waals surface area (Å²) in [7, 11) is 0. The zero-order valence-corrected chi connectivity index (χ0v) is 22.3. The van der Waals surface area contributed by atoms with Crippen molar-refractivity contribution in [2.75, 3.05) is 0 Å². The molecule has 9 rings (SSSR count). The van der Waals surface area contributed by atoms with Gasteiger partial charge in [-0.15, -0.1) is 0 Å². The van der Waals surface area contributed by atoms with Gasteiger partial charge in [-0.3, -0.25) is 0 Å². The molecular formula is C37H22FNS. The number of para-hydroxylation sites is 1. The van der Waals surface area contributed by atoms with E-state index in [-0.39, 0.29) is 5.82 Å². The topological polar surface area (TPSA) is 4.93 Å². The number of hydrogen-bond donors (Lipinski definition) is 0. The Balaban J connectivity index is 1.47. The van der Waals surface area contributed by atoms with Crippen LogP contribution in [0.25, 0.3) is 38.6 Å². The van der Waals surface area contributed by atoms with Crippen LogP contribution < -0.4 is 0 Å². The summed E-state index contributed by atoms with van der Waals surface area (Å²) >= 11 is 1.87. The average molecular weight is 532 g/mol. The standard InChI is InChI=1S/C37H22FNS/c38-23-17-19-24(20-18-23)39-32-15-7-3-11-27(32)35-33(39)22-21-31-36(35)40-34-16-8-6-14-30(34)37(31)28-12-4-1-9-25(28)26-10-2-5-13-29(26)37/h1-22H. The van der Waals surface area contributed by atoms with E-state index in [0.717, 1.165) is 16.7 Å². The van der Waals surface area contributed by atoms with Crippen LogP contribution in [0.2, 0.25) is 0 Å². The molecule has 7 aromatic rings. The molecule has 1 nitrogen and oxygen atoms in total. The number of rotatable bonds is 1. The van der Waals surface area contributed by atoms with Crippen molar-refractivity contribution in [3.63, 3.8) is 0 Å². The van der Waals surface area contributed by atoms with E-state index in [1.54, 1.807) is 12.1 Å². The maximum atomic E-state index is 13.9. The van der Waals surface area contributed by atoms with Crippen LogP contribution in [0.5, 0.6) is 0 Å². The predicted molar refractivity (Wildman–Crippen MR) is 162 cm³/mol. The molecule has 40 heavy (non-hydrogen) atoms. The van der Waals surface area contributed by atoms with Gasteiger partial charge >= 0.3 is 0 Å². The monoisotopic (exact) mass is 531 g/mol. The van der Waals surface area contributed by atoms with Gasteiger partial charge in [0.05, 0.1) is 16.4 Å². The first kappa shape index (κ1) is 22.2. The van der Waals surface area contributed by atoms with Crippen LogP contribution in [0.4, 0.5) is 4.39 Å². The lowest BCUT2D eigenvalue weighted by Crippen LogP contribution is -2.32. The fourth-order valence-corrected chi connectivity index (χ4v) is 8.58. The van der Waals surface area contributed by atoms with Crippen LogP contribution in [0.15, 0.2) is 143 Å². The molecule has 1 aromatic heterocycles. The third kappa shape index (κ3) is 2.68. The predicted octanol–water partition coefficient (Wildman–Crippen LogP) is 9.75. The lowest BCUT2D eigenvalue weighted by Gasteiger charge is -2.40. The Bertz CT molecular complexity index is 2110. The second-order valence-corrected chi connectivity index (χ2v) is 11.7. The molecule has 3 heteroatoms. The molecule has 0 saturated carbocycles. The Morgan fingerprint density at radius 1 is 0.525 bits per heavy atom. The maximum absolute atomic E-state index is 13.9. The number of benzene rings is 6. The van der Waals surface area contributed by atoms with Crippen LogP contribution in [0, 0.1) is 5.82 Å². The summed E-state index contributed by atoms with van der Waals surface area (Å²) < 4.78 is 16.2. The molecule has 1 spiro atoms. The minimum absolute atomic E-state index is 0.227. The van der Waals surface area contributed by atoms with Gasteiger partial charge < -0.3 is 4.57 Å². The summed E-state index contributed by atoms with van der Waals surface area (Å²) in [4.78, 5) is 2.58. The first-order chi connectivity index (χ1) is 19.8.